The van der Waals surface area contributed by atoms with Crippen LogP contribution >= 0.6 is 11.8 Å². The summed E-state index contributed by atoms with van der Waals surface area (Å²) in [4.78, 5) is 23.9. The fourth-order valence-corrected chi connectivity index (χ4v) is 2.75. The van der Waals surface area contributed by atoms with Crippen LogP contribution in [0.25, 0.3) is 11.3 Å². The first-order chi connectivity index (χ1) is 12.5. The molecule has 0 unspecified atom stereocenters. The minimum atomic E-state index is -0.942. The highest BCUT2D eigenvalue weighted by Gasteiger charge is 2.13. The zero-order chi connectivity index (χ0) is 18.7. The van der Waals surface area contributed by atoms with E-state index in [0.717, 1.165) is 29.0 Å². The van der Waals surface area contributed by atoms with E-state index >= 15 is 0 Å². The second-order valence-corrected chi connectivity index (χ2v) is 6.39. The van der Waals surface area contributed by atoms with Crippen molar-refractivity contribution in [3.05, 3.63) is 65.1 Å². The van der Waals surface area contributed by atoms with Crippen molar-refractivity contribution in [2.45, 2.75) is 18.6 Å². The first kappa shape index (κ1) is 18.1. The van der Waals surface area contributed by atoms with Crippen molar-refractivity contribution in [2.75, 3.05) is 6.26 Å². The number of hydrogen-bond acceptors (Lipinski definition) is 4. The lowest BCUT2D eigenvalue weighted by atomic mass is 10.1. The second-order valence-electron chi connectivity index (χ2n) is 5.62. The first-order valence-electron chi connectivity index (χ1n) is 7.76. The highest BCUT2D eigenvalue weighted by molar-refractivity contribution is 7.98. The number of aryl methyl sites for hydroxylation is 1. The number of nitrogens with one attached hydrogen (secondary N) is 2. The minimum absolute atomic E-state index is 0.0908. The van der Waals surface area contributed by atoms with Gasteiger partial charge in [-0.1, -0.05) is 17.8 Å². The van der Waals surface area contributed by atoms with Crippen LogP contribution in [0.4, 0.5) is 8.78 Å². The number of amides is 1. The lowest BCUT2D eigenvalue weighted by Gasteiger charge is -2.05. The van der Waals surface area contributed by atoms with Crippen LogP contribution in [0, 0.1) is 18.6 Å². The molecular weight excluding hydrogens is 358 g/mol. The quantitative estimate of drug-likeness (QED) is 0.528. The molecule has 2 heterocycles. The summed E-state index contributed by atoms with van der Waals surface area (Å²) in [6.45, 7) is 1.99. The van der Waals surface area contributed by atoms with Gasteiger partial charge in [0.15, 0.2) is 16.8 Å². The monoisotopic (exact) mass is 374 g/mol. The van der Waals surface area contributed by atoms with E-state index in [2.05, 4.69) is 20.3 Å². The molecule has 3 rings (SSSR count). The zero-order valence-corrected chi connectivity index (χ0v) is 15.0. The number of aromatic nitrogens is 3. The van der Waals surface area contributed by atoms with E-state index in [1.807, 2.05) is 13.2 Å². The van der Waals surface area contributed by atoms with Crippen LogP contribution in [0.2, 0.25) is 0 Å². The highest BCUT2D eigenvalue weighted by atomic mass is 32.2. The van der Waals surface area contributed by atoms with Gasteiger partial charge in [-0.15, -0.1) is 0 Å². The number of thioether (sulfide) groups is 1. The van der Waals surface area contributed by atoms with Crippen molar-refractivity contribution in [3.8, 4) is 11.3 Å². The molecule has 134 valence electrons. The number of hydrogen-bond donors (Lipinski definition) is 2. The number of H-pyrrole nitrogens is 1. The van der Waals surface area contributed by atoms with E-state index in [-0.39, 0.29) is 12.5 Å². The maximum atomic E-state index is 13.2. The molecule has 0 aliphatic rings. The van der Waals surface area contributed by atoms with Crippen LogP contribution in [-0.4, -0.2) is 27.1 Å². The Morgan fingerprint density at radius 1 is 1.27 bits per heavy atom. The zero-order valence-electron chi connectivity index (χ0n) is 14.1. The number of carbonyl (C=O) groups is 1. The van der Waals surface area contributed by atoms with Gasteiger partial charge in [-0.3, -0.25) is 4.79 Å². The number of aromatic amines is 1. The van der Waals surface area contributed by atoms with Gasteiger partial charge in [-0.05, 0) is 42.5 Å². The number of halogens is 2. The Bertz CT molecular complexity index is 958. The smallest absolute Gasteiger partial charge is 0.267 e. The van der Waals surface area contributed by atoms with Crippen molar-refractivity contribution < 1.29 is 13.6 Å². The van der Waals surface area contributed by atoms with Crippen LogP contribution in [-0.2, 0) is 6.54 Å². The average molecular weight is 374 g/mol. The fourth-order valence-electron chi connectivity index (χ4n) is 2.41. The molecule has 2 N–H and O–H groups in total. The molecule has 0 atom stereocenters. The Kier molecular flexibility index (Phi) is 5.32. The molecule has 3 aromatic rings. The van der Waals surface area contributed by atoms with Gasteiger partial charge in [0.1, 0.15) is 5.69 Å². The molecule has 8 heteroatoms. The maximum Gasteiger partial charge on any atom is 0.267 e. The predicted octanol–water partition coefficient (Wildman–Crippen LogP) is 3.71. The van der Waals surface area contributed by atoms with Crippen LogP contribution in [0.15, 0.2) is 41.8 Å². The molecule has 0 bridgehead atoms. The first-order valence-corrected chi connectivity index (χ1v) is 8.99. The van der Waals surface area contributed by atoms with Gasteiger partial charge in [-0.25, -0.2) is 18.7 Å². The van der Waals surface area contributed by atoms with Gasteiger partial charge in [0, 0.05) is 24.5 Å². The summed E-state index contributed by atoms with van der Waals surface area (Å²) in [5, 5.41) is 3.32. The van der Waals surface area contributed by atoms with E-state index in [9.17, 15) is 13.6 Å². The maximum absolute atomic E-state index is 13.2. The Labute approximate surface area is 153 Å². The number of rotatable bonds is 5. The Morgan fingerprint density at radius 2 is 2.08 bits per heavy atom. The summed E-state index contributed by atoms with van der Waals surface area (Å²) < 4.78 is 26.1. The summed E-state index contributed by atoms with van der Waals surface area (Å²) in [5.74, 6) is -2.21. The summed E-state index contributed by atoms with van der Waals surface area (Å²) >= 11 is 1.44. The Hall–Kier alpha value is -2.74. The average Bonchev–Trinajstić information content (AvgIpc) is 3.13. The van der Waals surface area contributed by atoms with Crippen LogP contribution in [0.3, 0.4) is 0 Å². The summed E-state index contributed by atoms with van der Waals surface area (Å²) in [7, 11) is 0. The Balaban J connectivity index is 1.73. The summed E-state index contributed by atoms with van der Waals surface area (Å²) in [6, 6.07) is 5.21. The molecule has 2 aromatic heterocycles. The van der Waals surface area contributed by atoms with Crippen LogP contribution < -0.4 is 5.32 Å². The molecule has 0 fully saturated rings. The lowest BCUT2D eigenvalue weighted by Crippen LogP contribution is -2.23. The molecule has 1 amide bonds. The molecule has 5 nitrogen and oxygen atoms in total. The standard InChI is InChI=1S/C18H16F2N4OS/c1-10-7-23-18(26-2)24-16(10)12-6-15(21-9-12)17(25)22-8-11-3-4-13(19)14(20)5-11/h3-7,9,21H,8H2,1-2H3,(H,22,25). The van der Waals surface area contributed by atoms with E-state index in [1.165, 1.54) is 17.8 Å². The minimum Gasteiger partial charge on any atom is -0.357 e. The SMILES string of the molecule is CSc1ncc(C)c(-c2c[nH]c(C(=O)NCc3ccc(F)c(F)c3)c2)n1. The van der Waals surface area contributed by atoms with Crippen molar-refractivity contribution >= 4 is 17.7 Å². The van der Waals surface area contributed by atoms with Crippen molar-refractivity contribution in [1.29, 1.82) is 0 Å². The molecular formula is C18H16F2N4OS. The second kappa shape index (κ2) is 7.65. The van der Waals surface area contributed by atoms with E-state index < -0.39 is 11.6 Å². The highest BCUT2D eigenvalue weighted by Crippen LogP contribution is 2.23. The van der Waals surface area contributed by atoms with E-state index in [1.54, 1.807) is 18.5 Å². The largest absolute Gasteiger partial charge is 0.357 e. The number of carbonyl (C=O) groups excluding carboxylic acids is 1. The third-order valence-corrected chi connectivity index (χ3v) is 4.33. The van der Waals surface area contributed by atoms with E-state index in [4.69, 9.17) is 0 Å². The molecule has 0 saturated carbocycles. The van der Waals surface area contributed by atoms with Gasteiger partial charge in [-0.2, -0.15) is 0 Å². The number of benzene rings is 1. The molecule has 0 radical (unpaired) electrons. The van der Waals surface area contributed by atoms with Crippen LogP contribution in [0.1, 0.15) is 21.6 Å². The summed E-state index contributed by atoms with van der Waals surface area (Å²) in [6.07, 6.45) is 5.33. The lowest BCUT2D eigenvalue weighted by molar-refractivity contribution is 0.0946. The molecule has 0 spiro atoms. The molecule has 1 aromatic carbocycles. The van der Waals surface area contributed by atoms with Crippen molar-refractivity contribution in [2.24, 2.45) is 0 Å². The van der Waals surface area contributed by atoms with Crippen LogP contribution in [0.5, 0.6) is 0 Å². The molecule has 0 saturated heterocycles. The Morgan fingerprint density at radius 3 is 2.81 bits per heavy atom. The van der Waals surface area contributed by atoms with Crippen molar-refractivity contribution in [3.63, 3.8) is 0 Å². The molecule has 0 aliphatic heterocycles. The fraction of sp³-hybridized carbons (Fsp3) is 0.167. The van der Waals surface area contributed by atoms with Gasteiger partial charge in [0.05, 0.1) is 5.69 Å². The molecule has 26 heavy (non-hydrogen) atoms. The summed E-state index contributed by atoms with van der Waals surface area (Å²) in [5.41, 5.74) is 3.25. The third-order valence-electron chi connectivity index (χ3n) is 3.77. The van der Waals surface area contributed by atoms with Crippen molar-refractivity contribution in [1.82, 2.24) is 20.3 Å². The third kappa shape index (κ3) is 3.91. The van der Waals surface area contributed by atoms with Gasteiger partial charge in [0.25, 0.3) is 5.91 Å². The molecule has 0 aliphatic carbocycles. The number of nitrogens with zero attached hydrogens (tertiary/aromatic N) is 2. The predicted molar refractivity (Wildman–Crippen MR) is 95.9 cm³/mol. The van der Waals surface area contributed by atoms with E-state index in [0.29, 0.717) is 16.4 Å². The topological polar surface area (TPSA) is 70.7 Å². The normalized spacial score (nSPS) is 10.8. The van der Waals surface area contributed by atoms with Gasteiger partial charge in [0.2, 0.25) is 0 Å². The van der Waals surface area contributed by atoms with Gasteiger partial charge >= 0.3 is 0 Å². The van der Waals surface area contributed by atoms with Gasteiger partial charge < -0.3 is 10.3 Å².